The molecule has 1 aliphatic heterocycles. The van der Waals surface area contributed by atoms with E-state index in [2.05, 4.69) is 23.3 Å². The molecule has 122 valence electrons. The molecule has 0 spiro atoms. The Morgan fingerprint density at radius 3 is 3.17 bits per heavy atom. The molecular weight excluding hydrogens is 312 g/mol. The average molecular weight is 332 g/mol. The average Bonchev–Trinajstić information content (AvgIpc) is 3.16. The van der Waals surface area contributed by atoms with Crippen LogP contribution in [0.15, 0.2) is 6.07 Å². The summed E-state index contributed by atoms with van der Waals surface area (Å²) >= 11 is 1.65. The van der Waals surface area contributed by atoms with E-state index in [0.717, 1.165) is 23.4 Å². The molecule has 1 amide bonds. The van der Waals surface area contributed by atoms with Crippen molar-refractivity contribution in [3.8, 4) is 0 Å². The number of fused-ring (bicyclic) bond motifs is 2. The van der Waals surface area contributed by atoms with Crippen LogP contribution in [-0.4, -0.2) is 37.5 Å². The lowest BCUT2D eigenvalue weighted by Crippen LogP contribution is -2.38. The van der Waals surface area contributed by atoms with Gasteiger partial charge in [-0.1, -0.05) is 12.1 Å². The number of rotatable bonds is 2. The molecule has 2 aliphatic rings. The predicted molar refractivity (Wildman–Crippen MR) is 86.2 cm³/mol. The third kappa shape index (κ3) is 2.57. The van der Waals surface area contributed by atoms with Gasteiger partial charge in [0.2, 0.25) is 0 Å². The first-order chi connectivity index (χ1) is 11.2. The fraction of sp³-hybridized carbons (Fsp3) is 0.562. The highest BCUT2D eigenvalue weighted by Crippen LogP contribution is 2.33. The highest BCUT2D eigenvalue weighted by Gasteiger charge is 2.28. The Morgan fingerprint density at radius 2 is 2.35 bits per heavy atom. The monoisotopic (exact) mass is 332 g/mol. The minimum atomic E-state index is -0.136. The first-order valence-electron chi connectivity index (χ1n) is 8.08. The summed E-state index contributed by atoms with van der Waals surface area (Å²) in [5.74, 6) is 0.802. The molecule has 6 nitrogen and oxygen atoms in total. The number of aryl methyl sites for hydroxylation is 1. The van der Waals surface area contributed by atoms with Crippen LogP contribution >= 0.6 is 11.3 Å². The molecule has 0 bridgehead atoms. The standard InChI is InChI=1S/C16H20N4O2S/c1-10-2-3-14-11(6-10)7-15(23-14)16(22)19-4-5-20-13(8-19)12(9-21)17-18-20/h7,10,21H,2-6,8-9H2,1H3. The molecule has 1 unspecified atom stereocenters. The van der Waals surface area contributed by atoms with Gasteiger partial charge < -0.3 is 10.0 Å². The van der Waals surface area contributed by atoms with E-state index in [1.54, 1.807) is 16.0 Å². The number of aromatic nitrogens is 3. The predicted octanol–water partition coefficient (Wildman–Crippen LogP) is 1.61. The van der Waals surface area contributed by atoms with Crippen LogP contribution < -0.4 is 0 Å². The van der Waals surface area contributed by atoms with Crippen LogP contribution in [0.4, 0.5) is 0 Å². The number of nitrogens with zero attached hydrogens (tertiary/aromatic N) is 4. The van der Waals surface area contributed by atoms with Crippen molar-refractivity contribution in [2.24, 2.45) is 5.92 Å². The summed E-state index contributed by atoms with van der Waals surface area (Å²) in [5, 5.41) is 17.3. The molecule has 1 N–H and O–H groups in total. The molecule has 1 atom stereocenters. The maximum Gasteiger partial charge on any atom is 0.264 e. The molecule has 23 heavy (non-hydrogen) atoms. The second kappa shape index (κ2) is 5.72. The smallest absolute Gasteiger partial charge is 0.264 e. The van der Waals surface area contributed by atoms with Gasteiger partial charge in [0.25, 0.3) is 5.91 Å². The number of aliphatic hydroxyl groups is 1. The van der Waals surface area contributed by atoms with E-state index in [1.165, 1.54) is 16.9 Å². The number of amides is 1. The van der Waals surface area contributed by atoms with Crippen molar-refractivity contribution in [3.05, 3.63) is 32.8 Å². The molecule has 0 fully saturated rings. The quantitative estimate of drug-likeness (QED) is 0.907. The van der Waals surface area contributed by atoms with Crippen molar-refractivity contribution < 1.29 is 9.90 Å². The number of hydrogen-bond donors (Lipinski definition) is 1. The molecule has 0 saturated carbocycles. The molecule has 4 rings (SSSR count). The van der Waals surface area contributed by atoms with Gasteiger partial charge in [-0.05, 0) is 36.8 Å². The van der Waals surface area contributed by atoms with Crippen LogP contribution in [0.1, 0.15) is 44.8 Å². The van der Waals surface area contributed by atoms with Crippen LogP contribution in [0.25, 0.3) is 0 Å². The molecule has 2 aromatic rings. The summed E-state index contributed by atoms with van der Waals surface area (Å²) in [4.78, 5) is 16.9. The minimum absolute atomic E-state index is 0.0911. The Hall–Kier alpha value is -1.73. The maximum absolute atomic E-state index is 12.9. The van der Waals surface area contributed by atoms with Crippen molar-refractivity contribution >= 4 is 17.2 Å². The number of thiophene rings is 1. The van der Waals surface area contributed by atoms with Gasteiger partial charge in [-0.15, -0.1) is 16.4 Å². The molecule has 7 heteroatoms. The van der Waals surface area contributed by atoms with E-state index in [-0.39, 0.29) is 12.5 Å². The molecule has 3 heterocycles. The van der Waals surface area contributed by atoms with Crippen molar-refractivity contribution in [1.29, 1.82) is 0 Å². The Kier molecular flexibility index (Phi) is 3.69. The van der Waals surface area contributed by atoms with Crippen LogP contribution in [0.2, 0.25) is 0 Å². The Labute approximate surface area is 138 Å². The lowest BCUT2D eigenvalue weighted by molar-refractivity contribution is 0.0709. The molecule has 2 aromatic heterocycles. The van der Waals surface area contributed by atoms with E-state index in [9.17, 15) is 9.90 Å². The lowest BCUT2D eigenvalue weighted by Gasteiger charge is -2.27. The van der Waals surface area contributed by atoms with Gasteiger partial charge in [0.15, 0.2) is 0 Å². The fourth-order valence-electron chi connectivity index (χ4n) is 3.46. The SMILES string of the molecule is CC1CCc2sc(C(=O)N3CCn4nnc(CO)c4C3)cc2C1. The van der Waals surface area contributed by atoms with E-state index >= 15 is 0 Å². The van der Waals surface area contributed by atoms with E-state index in [4.69, 9.17) is 0 Å². The first-order valence-corrected chi connectivity index (χ1v) is 8.90. The lowest BCUT2D eigenvalue weighted by atomic mass is 9.90. The van der Waals surface area contributed by atoms with Gasteiger partial charge in [-0.3, -0.25) is 4.79 Å². The zero-order chi connectivity index (χ0) is 16.0. The van der Waals surface area contributed by atoms with E-state index in [0.29, 0.717) is 31.2 Å². The first kappa shape index (κ1) is 14.8. The van der Waals surface area contributed by atoms with Crippen molar-refractivity contribution in [2.75, 3.05) is 6.54 Å². The van der Waals surface area contributed by atoms with E-state index < -0.39 is 0 Å². The zero-order valence-corrected chi connectivity index (χ0v) is 14.0. The van der Waals surface area contributed by atoms with Crippen molar-refractivity contribution in [2.45, 2.75) is 45.9 Å². The van der Waals surface area contributed by atoms with Crippen LogP contribution in [-0.2, 0) is 32.5 Å². The molecule has 0 saturated heterocycles. The van der Waals surface area contributed by atoms with Gasteiger partial charge in [-0.2, -0.15) is 0 Å². The van der Waals surface area contributed by atoms with Gasteiger partial charge in [0.05, 0.1) is 30.3 Å². The second-order valence-electron chi connectivity index (χ2n) is 6.50. The fourth-order valence-corrected chi connectivity index (χ4v) is 4.64. The topological polar surface area (TPSA) is 71.2 Å². The summed E-state index contributed by atoms with van der Waals surface area (Å²) in [6.07, 6.45) is 3.40. The summed E-state index contributed by atoms with van der Waals surface area (Å²) in [5.41, 5.74) is 2.78. The normalized spacial score (nSPS) is 20.3. The largest absolute Gasteiger partial charge is 0.390 e. The number of carbonyl (C=O) groups excluding carboxylic acids is 1. The summed E-state index contributed by atoms with van der Waals surface area (Å²) in [6.45, 7) is 3.88. The molecule has 1 aliphatic carbocycles. The van der Waals surface area contributed by atoms with Crippen LogP contribution in [0.3, 0.4) is 0 Å². The van der Waals surface area contributed by atoms with Gasteiger partial charge >= 0.3 is 0 Å². The third-order valence-corrected chi connectivity index (χ3v) is 6.04. The van der Waals surface area contributed by atoms with Gasteiger partial charge in [0, 0.05) is 11.4 Å². The Bertz CT molecular complexity index is 738. The summed E-state index contributed by atoms with van der Waals surface area (Å²) in [7, 11) is 0. The summed E-state index contributed by atoms with van der Waals surface area (Å²) in [6, 6.07) is 2.09. The third-order valence-electron chi connectivity index (χ3n) is 4.82. The minimum Gasteiger partial charge on any atom is -0.390 e. The number of hydrogen-bond acceptors (Lipinski definition) is 5. The molecular formula is C16H20N4O2S. The zero-order valence-electron chi connectivity index (χ0n) is 13.2. The number of aliphatic hydroxyl groups excluding tert-OH is 1. The van der Waals surface area contributed by atoms with Gasteiger partial charge in [-0.25, -0.2) is 4.68 Å². The summed E-state index contributed by atoms with van der Waals surface area (Å²) < 4.78 is 1.79. The van der Waals surface area contributed by atoms with Crippen molar-refractivity contribution in [3.63, 3.8) is 0 Å². The Morgan fingerprint density at radius 1 is 1.48 bits per heavy atom. The highest BCUT2D eigenvalue weighted by molar-refractivity contribution is 7.14. The maximum atomic E-state index is 12.9. The van der Waals surface area contributed by atoms with Gasteiger partial charge in [0.1, 0.15) is 5.69 Å². The molecule has 0 radical (unpaired) electrons. The van der Waals surface area contributed by atoms with Crippen LogP contribution in [0, 0.1) is 5.92 Å². The Balaban J connectivity index is 1.56. The van der Waals surface area contributed by atoms with Crippen LogP contribution in [0.5, 0.6) is 0 Å². The number of carbonyl (C=O) groups is 1. The van der Waals surface area contributed by atoms with E-state index in [1.807, 2.05) is 4.90 Å². The highest BCUT2D eigenvalue weighted by atomic mass is 32.1. The van der Waals surface area contributed by atoms with Crippen molar-refractivity contribution in [1.82, 2.24) is 19.9 Å². The second-order valence-corrected chi connectivity index (χ2v) is 7.63. The molecule has 0 aromatic carbocycles.